The summed E-state index contributed by atoms with van der Waals surface area (Å²) in [5.74, 6) is 0.824. The van der Waals surface area contributed by atoms with Crippen LogP contribution >= 0.6 is 47.8 Å². The molecule has 1 unspecified atom stereocenters. The van der Waals surface area contributed by atoms with Crippen LogP contribution in [0.1, 0.15) is 26.2 Å². The molecule has 0 spiro atoms. The van der Waals surface area contributed by atoms with Gasteiger partial charge in [0.1, 0.15) is 5.75 Å². The molecule has 0 bridgehead atoms. The Kier molecular flexibility index (Phi) is 7.07. The number of ether oxygens (including phenoxy) is 1. The molecule has 17 heavy (non-hydrogen) atoms. The van der Waals surface area contributed by atoms with Gasteiger partial charge in [-0.25, -0.2) is 0 Å². The number of halogens is 3. The third kappa shape index (κ3) is 5.73. The van der Waals surface area contributed by atoms with Gasteiger partial charge in [-0.2, -0.15) is 0 Å². The van der Waals surface area contributed by atoms with E-state index in [1.54, 1.807) is 0 Å². The number of rotatable bonds is 6. The number of aliphatic hydroxyl groups is 1. The molecule has 2 nitrogen and oxygen atoms in total. The van der Waals surface area contributed by atoms with Gasteiger partial charge in [0.05, 0.1) is 21.7 Å². The van der Waals surface area contributed by atoms with Crippen LogP contribution in [0.2, 0.25) is 0 Å². The minimum absolute atomic E-state index is 0.221. The molecule has 0 aliphatic rings. The van der Waals surface area contributed by atoms with E-state index < -0.39 is 0 Å². The Morgan fingerprint density at radius 1 is 1.18 bits per heavy atom. The van der Waals surface area contributed by atoms with Crippen LogP contribution in [0.4, 0.5) is 0 Å². The standard InChI is InChI=1S/C12H15Br3O2/c1-8(16)4-2-3-5-17-12-10(14)6-9(13)7-11(12)15/h6-8,16H,2-5H2,1H3. The van der Waals surface area contributed by atoms with Crippen molar-refractivity contribution in [3.63, 3.8) is 0 Å². The number of aliphatic hydroxyl groups excluding tert-OH is 1. The van der Waals surface area contributed by atoms with E-state index in [1.165, 1.54) is 0 Å². The van der Waals surface area contributed by atoms with Gasteiger partial charge >= 0.3 is 0 Å². The van der Waals surface area contributed by atoms with Crippen LogP contribution in [0.5, 0.6) is 5.75 Å². The first kappa shape index (κ1) is 15.5. The summed E-state index contributed by atoms with van der Waals surface area (Å²) in [6.45, 7) is 2.47. The summed E-state index contributed by atoms with van der Waals surface area (Å²) in [6.07, 6.45) is 2.52. The molecule has 1 aromatic rings. The van der Waals surface area contributed by atoms with Gasteiger partial charge < -0.3 is 9.84 Å². The first-order valence-electron chi connectivity index (χ1n) is 5.46. The van der Waals surface area contributed by atoms with Gasteiger partial charge in [0.15, 0.2) is 0 Å². The van der Waals surface area contributed by atoms with Crippen molar-refractivity contribution in [2.24, 2.45) is 0 Å². The molecule has 0 saturated carbocycles. The zero-order valence-corrected chi connectivity index (χ0v) is 14.3. The van der Waals surface area contributed by atoms with Gasteiger partial charge in [-0.05, 0) is 70.2 Å². The number of hydrogen-bond donors (Lipinski definition) is 1. The molecule has 0 saturated heterocycles. The Morgan fingerprint density at radius 3 is 2.29 bits per heavy atom. The van der Waals surface area contributed by atoms with Crippen LogP contribution in [0.25, 0.3) is 0 Å². The predicted molar refractivity (Wildman–Crippen MR) is 80.6 cm³/mol. The summed E-state index contributed by atoms with van der Waals surface area (Å²) in [5, 5.41) is 9.13. The molecule has 0 aliphatic heterocycles. The van der Waals surface area contributed by atoms with Crippen molar-refractivity contribution in [1.82, 2.24) is 0 Å². The van der Waals surface area contributed by atoms with Crippen molar-refractivity contribution in [1.29, 1.82) is 0 Å². The predicted octanol–water partition coefficient (Wildman–Crippen LogP) is 4.90. The lowest BCUT2D eigenvalue weighted by molar-refractivity contribution is 0.177. The van der Waals surface area contributed by atoms with E-state index in [9.17, 15) is 0 Å². The van der Waals surface area contributed by atoms with Crippen molar-refractivity contribution in [3.05, 3.63) is 25.6 Å². The minimum atomic E-state index is -0.221. The number of benzene rings is 1. The lowest BCUT2D eigenvalue weighted by atomic mass is 10.2. The zero-order chi connectivity index (χ0) is 12.8. The molecule has 0 aliphatic carbocycles. The Hall–Kier alpha value is 0.420. The second-order valence-electron chi connectivity index (χ2n) is 3.89. The van der Waals surface area contributed by atoms with Crippen molar-refractivity contribution >= 4 is 47.8 Å². The van der Waals surface area contributed by atoms with E-state index in [0.29, 0.717) is 6.61 Å². The molecule has 0 fully saturated rings. The number of unbranched alkanes of at least 4 members (excludes halogenated alkanes) is 1. The maximum absolute atomic E-state index is 9.13. The van der Waals surface area contributed by atoms with Crippen LogP contribution < -0.4 is 4.74 Å². The first-order valence-corrected chi connectivity index (χ1v) is 7.84. The van der Waals surface area contributed by atoms with Crippen molar-refractivity contribution in [2.45, 2.75) is 32.3 Å². The van der Waals surface area contributed by atoms with E-state index in [1.807, 2.05) is 19.1 Å². The molecule has 0 heterocycles. The molecule has 5 heteroatoms. The highest BCUT2D eigenvalue weighted by atomic mass is 79.9. The quantitative estimate of drug-likeness (QED) is 0.650. The molecule has 96 valence electrons. The van der Waals surface area contributed by atoms with Crippen LogP contribution in [0.3, 0.4) is 0 Å². The van der Waals surface area contributed by atoms with Crippen LogP contribution in [0.15, 0.2) is 25.6 Å². The molecular weight excluding hydrogens is 416 g/mol. The molecule has 1 aromatic carbocycles. The monoisotopic (exact) mass is 428 g/mol. The first-order chi connectivity index (χ1) is 8.00. The minimum Gasteiger partial charge on any atom is -0.491 e. The van der Waals surface area contributed by atoms with E-state index in [0.717, 1.165) is 38.4 Å². The zero-order valence-electron chi connectivity index (χ0n) is 9.55. The molecule has 0 aromatic heterocycles. The van der Waals surface area contributed by atoms with Crippen LogP contribution in [0, 0.1) is 0 Å². The maximum Gasteiger partial charge on any atom is 0.147 e. The van der Waals surface area contributed by atoms with E-state index >= 15 is 0 Å². The van der Waals surface area contributed by atoms with Crippen molar-refractivity contribution in [3.8, 4) is 5.75 Å². The second-order valence-corrected chi connectivity index (χ2v) is 6.52. The van der Waals surface area contributed by atoms with Crippen LogP contribution in [-0.2, 0) is 0 Å². The molecule has 1 atom stereocenters. The molecule has 1 rings (SSSR count). The summed E-state index contributed by atoms with van der Waals surface area (Å²) in [4.78, 5) is 0. The third-order valence-corrected chi connectivity index (χ3v) is 3.86. The Balaban J connectivity index is 2.42. The average molecular weight is 431 g/mol. The second kappa shape index (κ2) is 7.77. The highest BCUT2D eigenvalue weighted by Gasteiger charge is 2.07. The summed E-state index contributed by atoms with van der Waals surface area (Å²) in [5.41, 5.74) is 0. The highest BCUT2D eigenvalue weighted by Crippen LogP contribution is 2.36. The Labute approximate surface area is 127 Å². The molecule has 0 radical (unpaired) electrons. The molecular formula is C12H15Br3O2. The summed E-state index contributed by atoms with van der Waals surface area (Å²) in [6, 6.07) is 3.91. The lowest BCUT2D eigenvalue weighted by Gasteiger charge is -2.11. The normalized spacial score (nSPS) is 12.5. The molecule has 1 N–H and O–H groups in total. The van der Waals surface area contributed by atoms with E-state index in [2.05, 4.69) is 47.8 Å². The van der Waals surface area contributed by atoms with E-state index in [-0.39, 0.29) is 6.10 Å². The Bertz CT molecular complexity index is 344. The van der Waals surface area contributed by atoms with Crippen molar-refractivity contribution < 1.29 is 9.84 Å². The van der Waals surface area contributed by atoms with Gasteiger partial charge in [0.2, 0.25) is 0 Å². The topological polar surface area (TPSA) is 29.5 Å². The summed E-state index contributed by atoms with van der Waals surface area (Å²) >= 11 is 10.3. The van der Waals surface area contributed by atoms with Gasteiger partial charge in [-0.1, -0.05) is 15.9 Å². The fourth-order valence-electron chi connectivity index (χ4n) is 1.38. The van der Waals surface area contributed by atoms with Crippen molar-refractivity contribution in [2.75, 3.05) is 6.61 Å². The van der Waals surface area contributed by atoms with Crippen LogP contribution in [-0.4, -0.2) is 17.8 Å². The third-order valence-electron chi connectivity index (χ3n) is 2.23. The van der Waals surface area contributed by atoms with E-state index in [4.69, 9.17) is 9.84 Å². The largest absolute Gasteiger partial charge is 0.491 e. The van der Waals surface area contributed by atoms with Gasteiger partial charge in [0, 0.05) is 4.47 Å². The maximum atomic E-state index is 9.13. The fraction of sp³-hybridized carbons (Fsp3) is 0.500. The fourth-order valence-corrected chi connectivity index (χ4v) is 3.87. The summed E-state index contributed by atoms with van der Waals surface area (Å²) < 4.78 is 8.56. The lowest BCUT2D eigenvalue weighted by Crippen LogP contribution is -2.03. The SMILES string of the molecule is CC(O)CCCCOc1c(Br)cc(Br)cc1Br. The highest BCUT2D eigenvalue weighted by molar-refractivity contribution is 9.11. The van der Waals surface area contributed by atoms with Gasteiger partial charge in [0.25, 0.3) is 0 Å². The number of hydrogen-bond acceptors (Lipinski definition) is 2. The molecule has 0 amide bonds. The average Bonchev–Trinajstić information content (AvgIpc) is 2.20. The van der Waals surface area contributed by atoms with Gasteiger partial charge in [-0.3, -0.25) is 0 Å². The Morgan fingerprint density at radius 2 is 1.76 bits per heavy atom. The smallest absolute Gasteiger partial charge is 0.147 e. The summed E-state index contributed by atoms with van der Waals surface area (Å²) in [7, 11) is 0. The van der Waals surface area contributed by atoms with Gasteiger partial charge in [-0.15, -0.1) is 0 Å².